The number of amides is 2. The molecule has 11 heteroatoms. The molecule has 0 bridgehead atoms. The fourth-order valence-corrected chi connectivity index (χ4v) is 5.72. The quantitative estimate of drug-likeness (QED) is 0.314. The number of anilines is 1. The minimum Gasteiger partial charge on any atom is -0.495 e. The molecule has 0 aliphatic carbocycles. The Morgan fingerprint density at radius 3 is 2.31 bits per heavy atom. The van der Waals surface area contributed by atoms with Crippen LogP contribution in [0.15, 0.2) is 77.7 Å². The van der Waals surface area contributed by atoms with E-state index in [1.807, 2.05) is 6.92 Å². The normalized spacial score (nSPS) is 11.9. The van der Waals surface area contributed by atoms with Crippen LogP contribution in [0, 0.1) is 0 Å². The molecule has 0 aliphatic rings. The van der Waals surface area contributed by atoms with Gasteiger partial charge in [0.25, 0.3) is 10.0 Å². The van der Waals surface area contributed by atoms with Crippen molar-refractivity contribution in [3.63, 3.8) is 0 Å². The standard InChI is InChI=1S/C28H31Cl2N3O5S/c1-4-15-31-28(35)20(2)32(18-21-9-8-10-22(29)16-21)27(34)19-33(25-17-23(30)13-14-26(25)38-3)39(36,37)24-11-6-5-7-12-24/h5-14,16-17,20H,4,15,18-19H2,1-3H3,(H,31,35). The van der Waals surface area contributed by atoms with Gasteiger partial charge < -0.3 is 15.0 Å². The number of ether oxygens (including phenoxy) is 1. The molecule has 0 aliphatic heterocycles. The topological polar surface area (TPSA) is 96.0 Å². The maximum absolute atomic E-state index is 13.9. The van der Waals surface area contributed by atoms with Crippen LogP contribution in [0.5, 0.6) is 5.75 Å². The lowest BCUT2D eigenvalue weighted by Crippen LogP contribution is -2.51. The van der Waals surface area contributed by atoms with Gasteiger partial charge in [0.2, 0.25) is 11.8 Å². The van der Waals surface area contributed by atoms with Crippen LogP contribution >= 0.6 is 23.2 Å². The summed E-state index contributed by atoms with van der Waals surface area (Å²) in [5, 5.41) is 3.53. The second kappa shape index (κ2) is 13.7. The molecule has 3 rings (SSSR count). The van der Waals surface area contributed by atoms with Crippen LogP contribution in [-0.4, -0.2) is 51.4 Å². The number of hydrogen-bond acceptors (Lipinski definition) is 5. The molecule has 2 amide bonds. The predicted molar refractivity (Wildman–Crippen MR) is 154 cm³/mol. The minimum absolute atomic E-state index is 0.0186. The molecule has 8 nitrogen and oxygen atoms in total. The van der Waals surface area contributed by atoms with E-state index in [-0.39, 0.29) is 33.8 Å². The van der Waals surface area contributed by atoms with Crippen molar-refractivity contribution in [3.8, 4) is 5.75 Å². The third-order valence-corrected chi connectivity index (χ3v) is 8.22. The Morgan fingerprint density at radius 1 is 0.974 bits per heavy atom. The molecule has 0 saturated carbocycles. The Bertz CT molecular complexity index is 1400. The van der Waals surface area contributed by atoms with Gasteiger partial charge in [-0.15, -0.1) is 0 Å². The van der Waals surface area contributed by atoms with E-state index in [9.17, 15) is 18.0 Å². The highest BCUT2D eigenvalue weighted by Crippen LogP contribution is 2.35. The number of benzene rings is 3. The number of halogens is 2. The van der Waals surface area contributed by atoms with E-state index in [2.05, 4.69) is 5.32 Å². The number of nitrogens with zero attached hydrogens (tertiary/aromatic N) is 2. The Labute approximate surface area is 239 Å². The van der Waals surface area contributed by atoms with Crippen molar-refractivity contribution in [1.29, 1.82) is 0 Å². The van der Waals surface area contributed by atoms with E-state index in [0.29, 0.717) is 17.1 Å². The summed E-state index contributed by atoms with van der Waals surface area (Å²) in [7, 11) is -2.85. The van der Waals surface area contributed by atoms with E-state index in [0.717, 1.165) is 10.7 Å². The summed E-state index contributed by atoms with van der Waals surface area (Å²) >= 11 is 12.4. The van der Waals surface area contributed by atoms with Crippen molar-refractivity contribution in [1.82, 2.24) is 10.2 Å². The van der Waals surface area contributed by atoms with Gasteiger partial charge >= 0.3 is 0 Å². The first kappa shape index (κ1) is 30.3. The third-order valence-electron chi connectivity index (χ3n) is 5.98. The van der Waals surface area contributed by atoms with Crippen molar-refractivity contribution in [2.24, 2.45) is 0 Å². The van der Waals surface area contributed by atoms with Crippen LogP contribution in [0.2, 0.25) is 10.0 Å². The molecule has 1 N–H and O–H groups in total. The summed E-state index contributed by atoms with van der Waals surface area (Å²) in [6.45, 7) is 3.39. The van der Waals surface area contributed by atoms with E-state index < -0.39 is 28.5 Å². The first-order valence-corrected chi connectivity index (χ1v) is 14.5. The van der Waals surface area contributed by atoms with Gasteiger partial charge in [-0.2, -0.15) is 0 Å². The highest BCUT2D eigenvalue weighted by atomic mass is 35.5. The predicted octanol–water partition coefficient (Wildman–Crippen LogP) is 5.14. The Balaban J connectivity index is 2.08. The van der Waals surface area contributed by atoms with Gasteiger partial charge in [-0.1, -0.05) is 60.5 Å². The van der Waals surface area contributed by atoms with Crippen LogP contribution in [-0.2, 0) is 26.2 Å². The molecule has 0 radical (unpaired) electrons. The van der Waals surface area contributed by atoms with Crippen LogP contribution in [0.1, 0.15) is 25.8 Å². The molecule has 1 atom stereocenters. The molecular formula is C28H31Cl2N3O5S. The second-order valence-corrected chi connectivity index (χ2v) is 11.5. The molecule has 1 unspecified atom stereocenters. The molecule has 0 saturated heterocycles. The van der Waals surface area contributed by atoms with E-state index in [4.69, 9.17) is 27.9 Å². The average Bonchev–Trinajstić information content (AvgIpc) is 2.93. The summed E-state index contributed by atoms with van der Waals surface area (Å²) in [5.41, 5.74) is 0.775. The van der Waals surface area contributed by atoms with Gasteiger partial charge in [0.1, 0.15) is 18.3 Å². The molecule has 0 fully saturated rings. The molecular weight excluding hydrogens is 561 g/mol. The number of carbonyl (C=O) groups excluding carboxylic acids is 2. The van der Waals surface area contributed by atoms with E-state index in [1.165, 1.54) is 36.3 Å². The van der Waals surface area contributed by atoms with Gasteiger partial charge in [0.15, 0.2) is 0 Å². The van der Waals surface area contributed by atoms with Crippen LogP contribution in [0.25, 0.3) is 0 Å². The molecule has 0 heterocycles. The lowest BCUT2D eigenvalue weighted by atomic mass is 10.1. The number of nitrogens with one attached hydrogen (secondary N) is 1. The lowest BCUT2D eigenvalue weighted by molar-refractivity contribution is -0.139. The number of methoxy groups -OCH3 is 1. The summed E-state index contributed by atoms with van der Waals surface area (Å²) in [6.07, 6.45) is 0.721. The Hall–Kier alpha value is -3.27. The van der Waals surface area contributed by atoms with Gasteiger partial charge in [-0.25, -0.2) is 8.42 Å². The van der Waals surface area contributed by atoms with Crippen molar-refractivity contribution in [2.45, 2.75) is 37.8 Å². The largest absolute Gasteiger partial charge is 0.495 e. The number of sulfonamides is 1. The SMILES string of the molecule is CCCNC(=O)C(C)N(Cc1cccc(Cl)c1)C(=O)CN(c1cc(Cl)ccc1OC)S(=O)(=O)c1ccccc1. The fourth-order valence-electron chi connectivity index (χ4n) is 3.90. The maximum Gasteiger partial charge on any atom is 0.264 e. The zero-order chi connectivity index (χ0) is 28.6. The van der Waals surface area contributed by atoms with E-state index >= 15 is 0 Å². The molecule has 39 heavy (non-hydrogen) atoms. The van der Waals surface area contributed by atoms with Crippen molar-refractivity contribution >= 4 is 50.7 Å². The average molecular weight is 593 g/mol. The Morgan fingerprint density at radius 2 is 1.67 bits per heavy atom. The molecule has 3 aromatic rings. The van der Waals surface area contributed by atoms with Gasteiger partial charge in [0.05, 0.1) is 17.7 Å². The fraction of sp³-hybridized carbons (Fsp3) is 0.286. The molecule has 3 aromatic carbocycles. The summed E-state index contributed by atoms with van der Waals surface area (Å²) in [5.74, 6) is -0.748. The highest BCUT2D eigenvalue weighted by Gasteiger charge is 2.33. The molecule has 0 aromatic heterocycles. The number of carbonyl (C=O) groups is 2. The van der Waals surface area contributed by atoms with Crippen molar-refractivity contribution in [2.75, 3.05) is 24.5 Å². The van der Waals surface area contributed by atoms with Gasteiger partial charge in [0, 0.05) is 23.1 Å². The molecule has 0 spiro atoms. The van der Waals surface area contributed by atoms with Crippen LogP contribution in [0.4, 0.5) is 5.69 Å². The van der Waals surface area contributed by atoms with Crippen LogP contribution in [0.3, 0.4) is 0 Å². The monoisotopic (exact) mass is 591 g/mol. The number of hydrogen-bond donors (Lipinski definition) is 1. The first-order chi connectivity index (χ1) is 18.6. The molecule has 208 valence electrons. The second-order valence-electron chi connectivity index (χ2n) is 8.76. The summed E-state index contributed by atoms with van der Waals surface area (Å²) in [6, 6.07) is 18.3. The van der Waals surface area contributed by atoms with Crippen molar-refractivity contribution in [3.05, 3.63) is 88.4 Å². The minimum atomic E-state index is -4.25. The maximum atomic E-state index is 13.9. The van der Waals surface area contributed by atoms with E-state index in [1.54, 1.807) is 55.5 Å². The van der Waals surface area contributed by atoms with Crippen LogP contribution < -0.4 is 14.4 Å². The van der Waals surface area contributed by atoms with Crippen molar-refractivity contribution < 1.29 is 22.7 Å². The summed E-state index contributed by atoms with van der Waals surface area (Å²) in [4.78, 5) is 28.2. The summed E-state index contributed by atoms with van der Waals surface area (Å²) < 4.78 is 34.1. The lowest BCUT2D eigenvalue weighted by Gasteiger charge is -2.32. The third kappa shape index (κ3) is 7.65. The zero-order valence-electron chi connectivity index (χ0n) is 21.9. The zero-order valence-corrected chi connectivity index (χ0v) is 24.3. The highest BCUT2D eigenvalue weighted by molar-refractivity contribution is 7.92. The first-order valence-electron chi connectivity index (χ1n) is 12.3. The van der Waals surface area contributed by atoms with Gasteiger partial charge in [-0.05, 0) is 61.4 Å². The number of rotatable bonds is 12. The Kier molecular flexibility index (Phi) is 10.6. The van der Waals surface area contributed by atoms with Gasteiger partial charge in [-0.3, -0.25) is 13.9 Å². The smallest absolute Gasteiger partial charge is 0.264 e.